The minimum absolute atomic E-state index is 0.0386. The number of hydrogen-bond donors (Lipinski definition) is 0. The third-order valence-electron chi connectivity index (χ3n) is 4.60. The smallest absolute Gasteiger partial charge is 0.338 e. The zero-order valence-electron chi connectivity index (χ0n) is 15.7. The molecule has 31 heavy (non-hydrogen) atoms. The maximum absolute atomic E-state index is 14.3. The van der Waals surface area contributed by atoms with E-state index in [-0.39, 0.29) is 27.5 Å². The topological polar surface area (TPSA) is 79.0 Å². The van der Waals surface area contributed by atoms with Gasteiger partial charge in [-0.2, -0.15) is 0 Å². The minimum Gasteiger partial charge on any atom is -0.480 e. The van der Waals surface area contributed by atoms with Crippen LogP contribution in [0.2, 0.25) is 0 Å². The van der Waals surface area contributed by atoms with E-state index in [2.05, 4.69) is 42.1 Å². The third-order valence-corrected chi connectivity index (χ3v) is 7.17. The molecule has 0 fully saturated rings. The van der Waals surface area contributed by atoms with Crippen LogP contribution in [0, 0.1) is 11.6 Å². The van der Waals surface area contributed by atoms with Gasteiger partial charge in [-0.15, -0.1) is 21.5 Å². The predicted molar refractivity (Wildman–Crippen MR) is 120 cm³/mol. The maximum Gasteiger partial charge on any atom is 0.338 e. The van der Waals surface area contributed by atoms with Gasteiger partial charge in [-0.05, 0) is 34.1 Å². The molecule has 0 aliphatic carbocycles. The standard InChI is InChI=1S/C19H12Br2F2N4O3S/c1-30-14-6-5-13(24-25-14)27-17(28)15-9(7-20)16(21)31-18(15)26(19(27)29)8-10-11(22)3-2-4-12(10)23/h2-6H,7-8H2,1H3. The molecular formula is C19H12Br2F2N4O3S. The quantitative estimate of drug-likeness (QED) is 0.337. The normalized spacial score (nSPS) is 11.3. The lowest BCUT2D eigenvalue weighted by Gasteiger charge is -2.13. The molecular weight excluding hydrogens is 562 g/mol. The molecule has 0 unspecified atom stereocenters. The lowest BCUT2D eigenvalue weighted by Crippen LogP contribution is -2.39. The van der Waals surface area contributed by atoms with E-state index < -0.39 is 29.4 Å². The van der Waals surface area contributed by atoms with Crippen LogP contribution in [-0.2, 0) is 11.9 Å². The number of alkyl halides is 1. The van der Waals surface area contributed by atoms with Gasteiger partial charge in [-0.25, -0.2) is 18.1 Å². The number of fused-ring (bicyclic) bond motifs is 1. The summed E-state index contributed by atoms with van der Waals surface area (Å²) in [7, 11) is 1.41. The van der Waals surface area contributed by atoms with Crippen molar-refractivity contribution in [1.29, 1.82) is 0 Å². The van der Waals surface area contributed by atoms with E-state index in [1.54, 1.807) is 0 Å². The van der Waals surface area contributed by atoms with Crippen LogP contribution in [0.3, 0.4) is 0 Å². The van der Waals surface area contributed by atoms with Crippen LogP contribution in [-0.4, -0.2) is 26.4 Å². The van der Waals surface area contributed by atoms with Gasteiger partial charge < -0.3 is 4.74 Å². The molecule has 0 amide bonds. The van der Waals surface area contributed by atoms with Gasteiger partial charge in [-0.1, -0.05) is 22.0 Å². The largest absolute Gasteiger partial charge is 0.480 e. The number of halogens is 4. The highest BCUT2D eigenvalue weighted by Crippen LogP contribution is 2.35. The summed E-state index contributed by atoms with van der Waals surface area (Å²) in [6, 6.07) is 6.32. The molecule has 0 bridgehead atoms. The van der Waals surface area contributed by atoms with E-state index in [0.29, 0.717) is 14.7 Å². The Kier molecular flexibility index (Phi) is 6.04. The highest BCUT2D eigenvalue weighted by Gasteiger charge is 2.23. The van der Waals surface area contributed by atoms with Crippen LogP contribution in [0.5, 0.6) is 5.88 Å². The Labute approximate surface area is 194 Å². The van der Waals surface area contributed by atoms with E-state index in [9.17, 15) is 18.4 Å². The number of methoxy groups -OCH3 is 1. The second-order valence-corrected chi connectivity index (χ2v) is 9.19. The van der Waals surface area contributed by atoms with Gasteiger partial charge in [0.2, 0.25) is 5.88 Å². The zero-order chi connectivity index (χ0) is 22.3. The van der Waals surface area contributed by atoms with E-state index in [4.69, 9.17) is 4.74 Å². The zero-order valence-corrected chi connectivity index (χ0v) is 19.7. The first-order chi connectivity index (χ1) is 14.9. The van der Waals surface area contributed by atoms with Crippen molar-refractivity contribution in [2.24, 2.45) is 0 Å². The van der Waals surface area contributed by atoms with Gasteiger partial charge >= 0.3 is 5.69 Å². The number of aromatic nitrogens is 4. The fourth-order valence-electron chi connectivity index (χ4n) is 3.09. The molecule has 0 saturated carbocycles. The summed E-state index contributed by atoms with van der Waals surface area (Å²) in [6.07, 6.45) is 0. The van der Waals surface area contributed by atoms with E-state index in [0.717, 1.165) is 32.6 Å². The Morgan fingerprint density at radius 1 is 1.10 bits per heavy atom. The number of hydrogen-bond acceptors (Lipinski definition) is 6. The average Bonchev–Trinajstić information content (AvgIpc) is 3.09. The first-order valence-electron chi connectivity index (χ1n) is 8.71. The Morgan fingerprint density at radius 2 is 1.81 bits per heavy atom. The van der Waals surface area contributed by atoms with Crippen molar-refractivity contribution in [2.75, 3.05) is 7.11 Å². The van der Waals surface area contributed by atoms with Gasteiger partial charge in [0.05, 0.1) is 22.8 Å². The van der Waals surface area contributed by atoms with Gasteiger partial charge in [0.1, 0.15) is 16.5 Å². The van der Waals surface area contributed by atoms with Crippen molar-refractivity contribution in [3.63, 3.8) is 0 Å². The molecule has 0 aliphatic heterocycles. The second-order valence-electron chi connectivity index (χ2n) is 6.31. The molecule has 4 rings (SSSR count). The van der Waals surface area contributed by atoms with Crippen LogP contribution in [0.1, 0.15) is 11.1 Å². The highest BCUT2D eigenvalue weighted by atomic mass is 79.9. The number of thiophene rings is 1. The fourth-order valence-corrected chi connectivity index (χ4v) is 6.04. The lowest BCUT2D eigenvalue weighted by molar-refractivity contribution is 0.391. The van der Waals surface area contributed by atoms with Crippen molar-refractivity contribution in [3.05, 3.63) is 77.7 Å². The number of nitrogens with zero attached hydrogens (tertiary/aromatic N) is 4. The average molecular weight is 574 g/mol. The summed E-state index contributed by atoms with van der Waals surface area (Å²) in [6.45, 7) is -0.410. The molecule has 0 atom stereocenters. The van der Waals surface area contributed by atoms with E-state index in [1.807, 2.05) is 0 Å². The molecule has 0 aliphatic rings. The van der Waals surface area contributed by atoms with Gasteiger partial charge in [-0.3, -0.25) is 9.36 Å². The summed E-state index contributed by atoms with van der Waals surface area (Å²) >= 11 is 7.90. The SMILES string of the molecule is COc1ccc(-n2c(=O)c3c(CBr)c(Br)sc3n(Cc3c(F)cccc3F)c2=O)nn1. The van der Waals surface area contributed by atoms with Crippen molar-refractivity contribution < 1.29 is 13.5 Å². The lowest BCUT2D eigenvalue weighted by atomic mass is 10.2. The summed E-state index contributed by atoms with van der Waals surface area (Å²) < 4.78 is 36.2. The molecule has 3 heterocycles. The van der Waals surface area contributed by atoms with E-state index >= 15 is 0 Å². The Hall–Kier alpha value is -2.44. The molecule has 0 spiro atoms. The summed E-state index contributed by atoms with van der Waals surface area (Å²) in [4.78, 5) is 26.9. The van der Waals surface area contributed by atoms with Gasteiger partial charge in [0, 0.05) is 22.5 Å². The maximum atomic E-state index is 14.3. The number of benzene rings is 1. The molecule has 3 aromatic heterocycles. The molecule has 160 valence electrons. The monoisotopic (exact) mass is 572 g/mol. The predicted octanol–water partition coefficient (Wildman–Crippen LogP) is 4.00. The molecule has 4 aromatic rings. The van der Waals surface area contributed by atoms with Gasteiger partial charge in [0.15, 0.2) is 5.82 Å². The van der Waals surface area contributed by atoms with Crippen LogP contribution >= 0.6 is 43.2 Å². The van der Waals surface area contributed by atoms with E-state index in [1.165, 1.54) is 25.3 Å². The van der Waals surface area contributed by atoms with Crippen molar-refractivity contribution in [1.82, 2.24) is 19.3 Å². The van der Waals surface area contributed by atoms with Crippen LogP contribution < -0.4 is 16.0 Å². The highest BCUT2D eigenvalue weighted by molar-refractivity contribution is 9.11. The number of ether oxygens (including phenoxy) is 1. The third kappa shape index (κ3) is 3.72. The molecule has 0 saturated heterocycles. The Bertz CT molecular complexity index is 1400. The first-order valence-corrected chi connectivity index (χ1v) is 11.4. The summed E-state index contributed by atoms with van der Waals surface area (Å²) in [5, 5.41) is 8.27. The molecule has 7 nitrogen and oxygen atoms in total. The Morgan fingerprint density at radius 3 is 2.39 bits per heavy atom. The molecule has 1 aromatic carbocycles. The van der Waals surface area contributed by atoms with Crippen molar-refractivity contribution >= 4 is 53.4 Å². The summed E-state index contributed by atoms with van der Waals surface area (Å²) in [5.41, 5.74) is -1.08. The first kappa shape index (κ1) is 21.8. The Balaban J connectivity index is 2.07. The fraction of sp³-hybridized carbons (Fsp3) is 0.158. The number of rotatable bonds is 5. The van der Waals surface area contributed by atoms with Crippen LogP contribution in [0.4, 0.5) is 8.78 Å². The van der Waals surface area contributed by atoms with Crippen molar-refractivity contribution in [2.45, 2.75) is 11.9 Å². The van der Waals surface area contributed by atoms with Crippen LogP contribution in [0.15, 0.2) is 43.7 Å². The second kappa shape index (κ2) is 8.60. The van der Waals surface area contributed by atoms with Crippen LogP contribution in [0.25, 0.3) is 16.0 Å². The minimum atomic E-state index is -0.797. The molecule has 0 N–H and O–H groups in total. The molecule has 12 heteroatoms. The van der Waals surface area contributed by atoms with Crippen molar-refractivity contribution in [3.8, 4) is 11.7 Å². The van der Waals surface area contributed by atoms with Gasteiger partial charge in [0.25, 0.3) is 5.56 Å². The summed E-state index contributed by atoms with van der Waals surface area (Å²) in [5.74, 6) is -1.42. The molecule has 0 radical (unpaired) electrons.